The molecule has 0 bridgehead atoms. The molecule has 18 heavy (non-hydrogen) atoms. The van der Waals surface area contributed by atoms with Crippen LogP contribution in [0.4, 0.5) is 19.1 Å². The third-order valence-electron chi connectivity index (χ3n) is 2.49. The lowest BCUT2D eigenvalue weighted by molar-refractivity contribution is -0.138. The minimum absolute atomic E-state index is 0.0299. The van der Waals surface area contributed by atoms with Gasteiger partial charge in [-0.3, -0.25) is 4.68 Å². The van der Waals surface area contributed by atoms with Gasteiger partial charge in [-0.15, -0.1) is 0 Å². The van der Waals surface area contributed by atoms with Crippen molar-refractivity contribution in [3.63, 3.8) is 0 Å². The van der Waals surface area contributed by atoms with E-state index in [0.717, 1.165) is 6.20 Å². The molecule has 0 aliphatic rings. The zero-order valence-corrected chi connectivity index (χ0v) is 9.73. The molecule has 0 unspecified atom stereocenters. The maximum atomic E-state index is 12.7. The second-order valence-corrected chi connectivity index (χ2v) is 3.69. The molecule has 0 saturated carbocycles. The molecular weight excluding hydrogens is 249 g/mol. The number of alkyl halides is 3. The van der Waals surface area contributed by atoms with Gasteiger partial charge in [0.2, 0.25) is 5.95 Å². The number of hydrogen-bond acceptors (Lipinski definition) is 4. The molecule has 2 rings (SSSR count). The van der Waals surface area contributed by atoms with Gasteiger partial charge in [-0.2, -0.15) is 28.4 Å². The van der Waals surface area contributed by atoms with Gasteiger partial charge in [-0.1, -0.05) is 0 Å². The van der Waals surface area contributed by atoms with Crippen LogP contribution in [0.3, 0.4) is 0 Å². The maximum absolute atomic E-state index is 12.7. The van der Waals surface area contributed by atoms with Crippen LogP contribution in [0.15, 0.2) is 12.5 Å². The predicted molar refractivity (Wildman–Crippen MR) is 56.5 cm³/mol. The monoisotopic (exact) mass is 260 g/mol. The number of aryl methyl sites for hydroxylation is 2. The molecule has 98 valence electrons. The topological polar surface area (TPSA) is 60.6 Å². The smallest absolute Gasteiger partial charge is 0.349 e. The van der Waals surface area contributed by atoms with E-state index < -0.39 is 11.7 Å². The normalized spacial score (nSPS) is 11.8. The zero-order valence-electron chi connectivity index (χ0n) is 9.73. The Labute approximate surface area is 100 Å². The van der Waals surface area contributed by atoms with Crippen LogP contribution in [0, 0.1) is 0 Å². The molecule has 1 N–H and O–H groups in total. The number of halogens is 3. The van der Waals surface area contributed by atoms with Crippen molar-refractivity contribution in [2.45, 2.75) is 12.7 Å². The van der Waals surface area contributed by atoms with Crippen molar-refractivity contribution in [2.24, 2.45) is 14.1 Å². The van der Waals surface area contributed by atoms with E-state index in [1.54, 1.807) is 7.05 Å². The summed E-state index contributed by atoms with van der Waals surface area (Å²) in [5.74, 6) is 0.393. The summed E-state index contributed by atoms with van der Waals surface area (Å²) in [6, 6.07) is 0. The molecule has 0 atom stereocenters. The number of rotatable bonds is 3. The van der Waals surface area contributed by atoms with Crippen LogP contribution in [-0.4, -0.2) is 24.5 Å². The number of aromatic nitrogens is 5. The molecule has 2 aromatic rings. The molecule has 0 saturated heterocycles. The van der Waals surface area contributed by atoms with Crippen LogP contribution in [-0.2, 0) is 26.8 Å². The predicted octanol–water partition coefficient (Wildman–Crippen LogP) is 1.18. The lowest BCUT2D eigenvalue weighted by Gasteiger charge is -2.10. The lowest BCUT2D eigenvalue weighted by atomic mass is 10.2. The van der Waals surface area contributed by atoms with Crippen molar-refractivity contribution in [3.8, 4) is 0 Å². The third kappa shape index (κ3) is 2.29. The molecule has 6 nitrogen and oxygen atoms in total. The van der Waals surface area contributed by atoms with Crippen LogP contribution in [0.25, 0.3) is 0 Å². The van der Waals surface area contributed by atoms with Crippen molar-refractivity contribution in [2.75, 3.05) is 5.32 Å². The first kappa shape index (κ1) is 12.4. The zero-order chi connectivity index (χ0) is 13.3. The van der Waals surface area contributed by atoms with E-state index in [4.69, 9.17) is 0 Å². The first-order chi connectivity index (χ1) is 8.39. The van der Waals surface area contributed by atoms with Gasteiger partial charge in [0.15, 0.2) is 0 Å². The fourth-order valence-electron chi connectivity index (χ4n) is 1.53. The number of anilines is 1. The summed E-state index contributed by atoms with van der Waals surface area (Å²) < 4.78 is 40.7. The highest BCUT2D eigenvalue weighted by atomic mass is 19.4. The van der Waals surface area contributed by atoms with Crippen molar-refractivity contribution < 1.29 is 13.2 Å². The van der Waals surface area contributed by atoms with E-state index in [-0.39, 0.29) is 12.2 Å². The fraction of sp³-hybridized carbons (Fsp3) is 0.444. The van der Waals surface area contributed by atoms with Crippen LogP contribution in [0.5, 0.6) is 0 Å². The summed E-state index contributed by atoms with van der Waals surface area (Å²) in [5.41, 5.74) is -0.704. The second-order valence-electron chi connectivity index (χ2n) is 3.69. The average molecular weight is 260 g/mol. The van der Waals surface area contributed by atoms with Gasteiger partial charge in [-0.05, 0) is 0 Å². The Kier molecular flexibility index (Phi) is 2.97. The summed E-state index contributed by atoms with van der Waals surface area (Å²) in [6.45, 7) is -0.0299. The van der Waals surface area contributed by atoms with E-state index >= 15 is 0 Å². The van der Waals surface area contributed by atoms with E-state index in [0.29, 0.717) is 5.95 Å². The van der Waals surface area contributed by atoms with E-state index in [9.17, 15) is 13.2 Å². The van der Waals surface area contributed by atoms with E-state index in [1.165, 1.54) is 22.7 Å². The Bertz CT molecular complexity index is 541. The van der Waals surface area contributed by atoms with Crippen LogP contribution >= 0.6 is 0 Å². The highest BCUT2D eigenvalue weighted by Crippen LogP contribution is 2.31. The minimum Gasteiger partial charge on any atom is -0.349 e. The van der Waals surface area contributed by atoms with Gasteiger partial charge in [0.1, 0.15) is 6.33 Å². The van der Waals surface area contributed by atoms with Crippen LogP contribution < -0.4 is 5.32 Å². The minimum atomic E-state index is -4.41. The standard InChI is InChI=1S/C9H11F3N6/c1-17-7(6(3-15-17)9(10,11)12)4-13-8-14-5-16-18(8)2/h3,5H,4H2,1-2H3,(H,13,14,16). The van der Waals surface area contributed by atoms with Gasteiger partial charge >= 0.3 is 6.18 Å². The average Bonchev–Trinajstić information content (AvgIpc) is 2.81. The van der Waals surface area contributed by atoms with Gasteiger partial charge in [-0.25, -0.2) is 4.68 Å². The highest BCUT2D eigenvalue weighted by Gasteiger charge is 2.35. The third-order valence-corrected chi connectivity index (χ3v) is 2.49. The van der Waals surface area contributed by atoms with Crippen molar-refractivity contribution in [1.29, 1.82) is 0 Å². The quantitative estimate of drug-likeness (QED) is 0.900. The Balaban J connectivity index is 2.19. The van der Waals surface area contributed by atoms with E-state index in [2.05, 4.69) is 20.5 Å². The molecule has 2 heterocycles. The molecule has 0 aliphatic heterocycles. The van der Waals surface area contributed by atoms with Crippen LogP contribution in [0.2, 0.25) is 0 Å². The van der Waals surface area contributed by atoms with Gasteiger partial charge in [0.25, 0.3) is 0 Å². The number of nitrogens with zero attached hydrogens (tertiary/aromatic N) is 5. The Morgan fingerprint density at radius 1 is 1.22 bits per heavy atom. The first-order valence-corrected chi connectivity index (χ1v) is 5.05. The molecule has 0 fully saturated rings. The first-order valence-electron chi connectivity index (χ1n) is 5.05. The molecular formula is C9H11F3N6. The largest absolute Gasteiger partial charge is 0.419 e. The maximum Gasteiger partial charge on any atom is 0.419 e. The molecule has 0 amide bonds. The number of nitrogens with one attached hydrogen (secondary N) is 1. The molecule has 0 radical (unpaired) electrons. The van der Waals surface area contributed by atoms with Gasteiger partial charge < -0.3 is 5.32 Å². The summed E-state index contributed by atoms with van der Waals surface area (Å²) in [5, 5.41) is 10.2. The summed E-state index contributed by atoms with van der Waals surface area (Å²) in [4.78, 5) is 3.87. The number of hydrogen-bond donors (Lipinski definition) is 1. The fourth-order valence-corrected chi connectivity index (χ4v) is 1.53. The second kappa shape index (κ2) is 4.31. The summed E-state index contributed by atoms with van der Waals surface area (Å²) in [6.07, 6.45) is -2.28. The molecule has 0 spiro atoms. The Hall–Kier alpha value is -2.06. The molecule has 2 aromatic heterocycles. The van der Waals surface area contributed by atoms with Gasteiger partial charge in [0, 0.05) is 14.1 Å². The van der Waals surface area contributed by atoms with Crippen molar-refractivity contribution in [3.05, 3.63) is 23.8 Å². The molecule has 0 aliphatic carbocycles. The Morgan fingerprint density at radius 3 is 2.50 bits per heavy atom. The summed E-state index contributed by atoms with van der Waals surface area (Å²) in [7, 11) is 3.10. The molecule has 0 aromatic carbocycles. The van der Waals surface area contributed by atoms with E-state index in [1.807, 2.05) is 0 Å². The van der Waals surface area contributed by atoms with Crippen molar-refractivity contribution in [1.82, 2.24) is 24.5 Å². The highest BCUT2D eigenvalue weighted by molar-refractivity contribution is 5.28. The molecule has 9 heteroatoms. The SMILES string of the molecule is Cn1ncnc1NCc1c(C(F)(F)F)cnn1C. The lowest BCUT2D eigenvalue weighted by Crippen LogP contribution is -2.14. The van der Waals surface area contributed by atoms with Gasteiger partial charge in [0.05, 0.1) is 24.0 Å². The van der Waals surface area contributed by atoms with Crippen molar-refractivity contribution >= 4 is 5.95 Å². The Morgan fingerprint density at radius 2 is 1.94 bits per heavy atom. The van der Waals surface area contributed by atoms with Crippen LogP contribution in [0.1, 0.15) is 11.3 Å². The summed E-state index contributed by atoms with van der Waals surface area (Å²) >= 11 is 0.